The minimum Gasteiger partial charge on any atom is -0.495 e. The van der Waals surface area contributed by atoms with Crippen molar-refractivity contribution in [2.75, 3.05) is 12.4 Å². The van der Waals surface area contributed by atoms with E-state index in [-0.39, 0.29) is 5.41 Å². The first-order valence-corrected chi connectivity index (χ1v) is 10.1. The number of rotatable bonds is 5. The van der Waals surface area contributed by atoms with E-state index < -0.39 is 0 Å². The van der Waals surface area contributed by atoms with Gasteiger partial charge in [0.2, 0.25) is 5.95 Å². The van der Waals surface area contributed by atoms with Crippen LogP contribution in [0.3, 0.4) is 0 Å². The lowest BCUT2D eigenvalue weighted by atomic mass is 9.92. The summed E-state index contributed by atoms with van der Waals surface area (Å²) in [5.41, 5.74) is 3.69. The lowest BCUT2D eigenvalue weighted by molar-refractivity contribution is 0.413. The highest BCUT2D eigenvalue weighted by Crippen LogP contribution is 2.30. The van der Waals surface area contributed by atoms with Crippen LogP contribution < -0.4 is 10.1 Å². The van der Waals surface area contributed by atoms with Gasteiger partial charge < -0.3 is 14.6 Å². The molecule has 9 heteroatoms. The second kappa shape index (κ2) is 7.57. The van der Waals surface area contributed by atoms with E-state index in [4.69, 9.17) is 9.72 Å². The van der Waals surface area contributed by atoms with E-state index in [0.717, 1.165) is 34.2 Å². The molecule has 0 amide bonds. The molecule has 4 aromatic rings. The standard InChI is InChI=1S/C22H28N8O/c1-14-12-30(13-23-14)16-9-8-15(10-17(16)31-7)20-25-21(29(6)27-20)24-19-11-18(22(2,3)4)26-28(19)5/h8-13H,1-7H3,(H,24,25,27). The van der Waals surface area contributed by atoms with Crippen LogP contribution in [0.4, 0.5) is 11.8 Å². The van der Waals surface area contributed by atoms with Crippen molar-refractivity contribution < 1.29 is 4.74 Å². The largest absolute Gasteiger partial charge is 0.495 e. The molecule has 3 aromatic heterocycles. The van der Waals surface area contributed by atoms with E-state index in [1.165, 1.54) is 0 Å². The Labute approximate surface area is 181 Å². The molecule has 0 radical (unpaired) electrons. The first-order valence-electron chi connectivity index (χ1n) is 10.1. The van der Waals surface area contributed by atoms with Gasteiger partial charge in [-0.15, -0.1) is 5.10 Å². The Morgan fingerprint density at radius 3 is 2.42 bits per heavy atom. The van der Waals surface area contributed by atoms with Crippen LogP contribution in [0.2, 0.25) is 0 Å². The zero-order chi connectivity index (χ0) is 22.3. The van der Waals surface area contributed by atoms with Gasteiger partial charge in [-0.1, -0.05) is 20.8 Å². The van der Waals surface area contributed by atoms with Crippen molar-refractivity contribution in [1.29, 1.82) is 0 Å². The van der Waals surface area contributed by atoms with Crippen LogP contribution in [0.5, 0.6) is 5.75 Å². The average molecular weight is 421 g/mol. The maximum atomic E-state index is 5.62. The third kappa shape index (κ3) is 4.03. The first kappa shape index (κ1) is 20.6. The first-order chi connectivity index (χ1) is 14.7. The minimum atomic E-state index is -0.0329. The molecule has 0 unspecified atom stereocenters. The van der Waals surface area contributed by atoms with Crippen LogP contribution in [0.15, 0.2) is 36.8 Å². The fourth-order valence-electron chi connectivity index (χ4n) is 3.26. The Morgan fingerprint density at radius 1 is 1.03 bits per heavy atom. The summed E-state index contributed by atoms with van der Waals surface area (Å²) in [7, 11) is 5.43. The normalized spacial score (nSPS) is 11.7. The molecule has 0 saturated carbocycles. The number of nitrogens with one attached hydrogen (secondary N) is 1. The number of hydrogen-bond acceptors (Lipinski definition) is 6. The third-order valence-electron chi connectivity index (χ3n) is 5.08. The number of nitrogens with zero attached hydrogens (tertiary/aromatic N) is 7. The molecule has 0 aliphatic heterocycles. The smallest absolute Gasteiger partial charge is 0.227 e. The van der Waals surface area contributed by atoms with Crippen molar-refractivity contribution in [1.82, 2.24) is 34.1 Å². The number of benzene rings is 1. The maximum absolute atomic E-state index is 5.62. The van der Waals surface area contributed by atoms with Gasteiger partial charge in [0.05, 0.1) is 30.5 Å². The van der Waals surface area contributed by atoms with E-state index in [1.807, 2.05) is 60.7 Å². The molecule has 0 spiro atoms. The van der Waals surface area contributed by atoms with Gasteiger partial charge in [-0.2, -0.15) is 10.1 Å². The zero-order valence-electron chi connectivity index (χ0n) is 19.0. The van der Waals surface area contributed by atoms with Gasteiger partial charge in [0, 0.05) is 37.3 Å². The summed E-state index contributed by atoms with van der Waals surface area (Å²) in [6, 6.07) is 7.94. The molecular weight excluding hydrogens is 392 g/mol. The summed E-state index contributed by atoms with van der Waals surface area (Å²) in [4.78, 5) is 8.99. The Kier molecular flexibility index (Phi) is 5.04. The molecule has 0 atom stereocenters. The number of aryl methyl sites for hydroxylation is 3. The van der Waals surface area contributed by atoms with E-state index in [0.29, 0.717) is 11.8 Å². The molecule has 1 aromatic carbocycles. The average Bonchev–Trinajstić information content (AvgIpc) is 3.41. The highest BCUT2D eigenvalue weighted by atomic mass is 16.5. The highest BCUT2D eigenvalue weighted by Gasteiger charge is 2.20. The molecule has 0 aliphatic carbocycles. The highest BCUT2D eigenvalue weighted by molar-refractivity contribution is 5.64. The molecule has 0 aliphatic rings. The summed E-state index contributed by atoms with van der Waals surface area (Å²) in [5.74, 6) is 2.82. The summed E-state index contributed by atoms with van der Waals surface area (Å²) in [5, 5.41) is 12.5. The van der Waals surface area contributed by atoms with Crippen LogP contribution in [-0.2, 0) is 19.5 Å². The van der Waals surface area contributed by atoms with Crippen molar-refractivity contribution in [3.05, 3.63) is 48.2 Å². The zero-order valence-corrected chi connectivity index (χ0v) is 19.0. The van der Waals surface area contributed by atoms with E-state index in [9.17, 15) is 0 Å². The van der Waals surface area contributed by atoms with E-state index in [1.54, 1.807) is 18.1 Å². The number of ether oxygens (including phenoxy) is 1. The number of hydrogen-bond donors (Lipinski definition) is 1. The van der Waals surface area contributed by atoms with Gasteiger partial charge in [0.1, 0.15) is 11.6 Å². The predicted molar refractivity (Wildman–Crippen MR) is 120 cm³/mol. The number of aromatic nitrogens is 7. The van der Waals surface area contributed by atoms with Crippen LogP contribution in [-0.4, -0.2) is 41.2 Å². The summed E-state index contributed by atoms with van der Waals surface area (Å²) < 4.78 is 11.1. The number of methoxy groups -OCH3 is 1. The molecule has 0 fully saturated rings. The topological polar surface area (TPSA) is 87.6 Å². The fourth-order valence-corrected chi connectivity index (χ4v) is 3.26. The molecule has 162 valence electrons. The minimum absolute atomic E-state index is 0.0329. The molecule has 9 nitrogen and oxygen atoms in total. The maximum Gasteiger partial charge on any atom is 0.227 e. The van der Waals surface area contributed by atoms with Gasteiger partial charge in [-0.3, -0.25) is 4.68 Å². The second-order valence-corrected chi connectivity index (χ2v) is 8.60. The Morgan fingerprint density at radius 2 is 1.81 bits per heavy atom. The van der Waals surface area contributed by atoms with Crippen LogP contribution in [0.25, 0.3) is 17.1 Å². The molecule has 31 heavy (non-hydrogen) atoms. The van der Waals surface area contributed by atoms with Crippen molar-refractivity contribution >= 4 is 11.8 Å². The molecule has 4 rings (SSSR count). The Balaban J connectivity index is 1.64. The van der Waals surface area contributed by atoms with Gasteiger partial charge in [-0.25, -0.2) is 9.67 Å². The van der Waals surface area contributed by atoms with Crippen LogP contribution >= 0.6 is 0 Å². The van der Waals surface area contributed by atoms with Gasteiger partial charge >= 0.3 is 0 Å². The van der Waals surface area contributed by atoms with Gasteiger partial charge in [-0.05, 0) is 25.1 Å². The number of imidazole rings is 1. The van der Waals surface area contributed by atoms with Crippen molar-refractivity contribution in [2.24, 2.45) is 14.1 Å². The molecular formula is C22H28N8O. The van der Waals surface area contributed by atoms with Crippen molar-refractivity contribution in [3.8, 4) is 22.8 Å². The molecule has 0 saturated heterocycles. The lowest BCUT2D eigenvalue weighted by Gasteiger charge is -2.13. The molecule has 0 bridgehead atoms. The van der Waals surface area contributed by atoms with E-state index >= 15 is 0 Å². The monoisotopic (exact) mass is 420 g/mol. The summed E-state index contributed by atoms with van der Waals surface area (Å²) in [6.45, 7) is 8.38. The van der Waals surface area contributed by atoms with Gasteiger partial charge in [0.25, 0.3) is 0 Å². The van der Waals surface area contributed by atoms with Crippen LogP contribution in [0, 0.1) is 6.92 Å². The van der Waals surface area contributed by atoms with Crippen LogP contribution in [0.1, 0.15) is 32.2 Å². The molecule has 1 N–H and O–H groups in total. The SMILES string of the molecule is COc1cc(-c2nc(Nc3cc(C(C)(C)C)nn3C)n(C)n2)ccc1-n1cnc(C)c1. The Bertz CT molecular complexity index is 1220. The quantitative estimate of drug-likeness (QED) is 0.529. The predicted octanol–water partition coefficient (Wildman–Crippen LogP) is 3.76. The fraction of sp³-hybridized carbons (Fsp3) is 0.364. The third-order valence-corrected chi connectivity index (χ3v) is 5.08. The summed E-state index contributed by atoms with van der Waals surface area (Å²) >= 11 is 0. The summed E-state index contributed by atoms with van der Waals surface area (Å²) in [6.07, 6.45) is 3.73. The van der Waals surface area contributed by atoms with E-state index in [2.05, 4.69) is 41.3 Å². The molecule has 3 heterocycles. The van der Waals surface area contributed by atoms with Crippen molar-refractivity contribution in [3.63, 3.8) is 0 Å². The number of anilines is 2. The van der Waals surface area contributed by atoms with Gasteiger partial charge in [0.15, 0.2) is 5.82 Å². The van der Waals surface area contributed by atoms with Crippen molar-refractivity contribution in [2.45, 2.75) is 33.1 Å². The lowest BCUT2D eigenvalue weighted by Crippen LogP contribution is -2.12. The Hall–Kier alpha value is -3.62. The second-order valence-electron chi connectivity index (χ2n) is 8.60.